The summed E-state index contributed by atoms with van der Waals surface area (Å²) in [6, 6.07) is 7.56. The van der Waals surface area contributed by atoms with Gasteiger partial charge in [0.2, 0.25) is 11.9 Å². The van der Waals surface area contributed by atoms with Gasteiger partial charge in [-0.05, 0) is 18.4 Å². The first-order chi connectivity index (χ1) is 20.3. The summed E-state index contributed by atoms with van der Waals surface area (Å²) < 4.78 is 14.4. The van der Waals surface area contributed by atoms with Gasteiger partial charge in [0.05, 0.1) is 23.0 Å². The number of piperidine rings is 1. The number of fused-ring (bicyclic) bond motifs is 1. The summed E-state index contributed by atoms with van der Waals surface area (Å²) in [5.74, 6) is 0.207. The summed E-state index contributed by atoms with van der Waals surface area (Å²) in [4.78, 5) is 50.1. The van der Waals surface area contributed by atoms with E-state index in [0.717, 1.165) is 43.3 Å². The molecule has 2 N–H and O–H groups in total. The van der Waals surface area contributed by atoms with E-state index in [0.29, 0.717) is 34.9 Å². The molecule has 1 aliphatic heterocycles. The molecule has 0 bridgehead atoms. The summed E-state index contributed by atoms with van der Waals surface area (Å²) in [5, 5.41) is 6.32. The largest absolute Gasteiger partial charge is 0.369 e. The highest BCUT2D eigenvalue weighted by Crippen LogP contribution is 2.28. The summed E-state index contributed by atoms with van der Waals surface area (Å²) >= 11 is 0. The summed E-state index contributed by atoms with van der Waals surface area (Å²) in [6.45, 7) is 5.64. The summed E-state index contributed by atoms with van der Waals surface area (Å²) in [6.07, 6.45) is 7.84. The van der Waals surface area contributed by atoms with Crippen molar-refractivity contribution < 1.29 is 14.0 Å². The van der Waals surface area contributed by atoms with Crippen LogP contribution in [0.4, 0.5) is 16.2 Å². The molecule has 2 amide bonds. The number of pyridine rings is 1. The van der Waals surface area contributed by atoms with E-state index in [9.17, 15) is 14.0 Å². The van der Waals surface area contributed by atoms with Crippen molar-refractivity contribution in [2.45, 2.75) is 38.6 Å². The van der Waals surface area contributed by atoms with Crippen LogP contribution in [0.15, 0.2) is 49.2 Å². The number of hydrogen-bond donors (Lipinski definition) is 2. The number of nitrogens with one attached hydrogen (secondary N) is 2. The number of carbonyl (C=O) groups is 2. The first-order valence-electron chi connectivity index (χ1n) is 13.9. The lowest BCUT2D eigenvalue weighted by Crippen LogP contribution is -2.45. The lowest BCUT2D eigenvalue weighted by molar-refractivity contribution is -0.129. The highest BCUT2D eigenvalue weighted by Gasteiger charge is 2.25. The molecule has 0 radical (unpaired) electrons. The fourth-order valence-corrected chi connectivity index (χ4v) is 5.32. The van der Waals surface area contributed by atoms with Gasteiger partial charge in [-0.15, -0.1) is 0 Å². The molecular formula is C30H36FN9O2S. The van der Waals surface area contributed by atoms with Crippen molar-refractivity contribution >= 4 is 48.0 Å². The molecule has 1 aliphatic rings. The Labute approximate surface area is 256 Å². The second kappa shape index (κ2) is 13.7. The van der Waals surface area contributed by atoms with Crippen LogP contribution < -0.4 is 15.5 Å². The maximum absolute atomic E-state index is 14.4. The van der Waals surface area contributed by atoms with Gasteiger partial charge in [0.25, 0.3) is 5.91 Å². The van der Waals surface area contributed by atoms with Crippen LogP contribution in [0.2, 0.25) is 0 Å². The number of rotatable bonds is 8. The van der Waals surface area contributed by atoms with Gasteiger partial charge in [-0.2, -0.15) is 13.5 Å². The molecule has 5 rings (SSSR count). The third-order valence-corrected chi connectivity index (χ3v) is 7.83. The van der Waals surface area contributed by atoms with Crippen molar-refractivity contribution in [3.8, 4) is 11.3 Å². The lowest BCUT2D eigenvalue weighted by Gasteiger charge is -2.36. The van der Waals surface area contributed by atoms with Gasteiger partial charge in [-0.3, -0.25) is 14.6 Å². The zero-order chi connectivity index (χ0) is 29.8. The number of hydrogen-bond acceptors (Lipinski definition) is 9. The Morgan fingerprint density at radius 3 is 2.49 bits per heavy atom. The molecular weight excluding hydrogens is 569 g/mol. The number of halogens is 1. The molecule has 4 heterocycles. The zero-order valence-corrected chi connectivity index (χ0v) is 25.6. The van der Waals surface area contributed by atoms with Crippen LogP contribution in [-0.2, 0) is 4.79 Å². The number of para-hydroxylation sites is 1. The Balaban J connectivity index is 0.00000423. The lowest BCUT2D eigenvalue weighted by atomic mass is 9.96. The fourth-order valence-electron chi connectivity index (χ4n) is 5.32. The number of likely N-dealkylation sites (tertiary alicyclic amines) is 1. The van der Waals surface area contributed by atoms with E-state index in [2.05, 4.69) is 40.5 Å². The number of amides is 2. The van der Waals surface area contributed by atoms with Crippen molar-refractivity contribution in [3.05, 3.63) is 66.1 Å². The Bertz CT molecular complexity index is 1600. The van der Waals surface area contributed by atoms with E-state index in [4.69, 9.17) is 0 Å². The van der Waals surface area contributed by atoms with Crippen molar-refractivity contribution in [2.75, 3.05) is 43.9 Å². The van der Waals surface area contributed by atoms with Crippen molar-refractivity contribution in [1.82, 2.24) is 35.1 Å². The van der Waals surface area contributed by atoms with Gasteiger partial charge in [0, 0.05) is 82.0 Å². The van der Waals surface area contributed by atoms with E-state index < -0.39 is 11.7 Å². The minimum absolute atomic E-state index is 0. The normalized spacial score (nSPS) is 14.1. The first kappa shape index (κ1) is 31.5. The molecule has 0 saturated carbocycles. The monoisotopic (exact) mass is 605 g/mol. The second-order valence-corrected chi connectivity index (χ2v) is 10.5. The molecule has 43 heavy (non-hydrogen) atoms. The first-order valence-corrected chi connectivity index (χ1v) is 13.9. The highest BCUT2D eigenvalue weighted by atomic mass is 32.1. The van der Waals surface area contributed by atoms with E-state index >= 15 is 0 Å². The Morgan fingerprint density at radius 1 is 1.09 bits per heavy atom. The van der Waals surface area contributed by atoms with Crippen LogP contribution in [0, 0.1) is 5.82 Å². The quantitative estimate of drug-likeness (QED) is 0.309. The van der Waals surface area contributed by atoms with Crippen LogP contribution in [0.25, 0.3) is 22.2 Å². The maximum Gasteiger partial charge on any atom is 0.254 e. The zero-order valence-electron chi connectivity index (χ0n) is 24.6. The Hall–Kier alpha value is -4.39. The van der Waals surface area contributed by atoms with Crippen molar-refractivity contribution in [1.29, 1.82) is 0 Å². The average molecular weight is 606 g/mol. The molecule has 13 heteroatoms. The second-order valence-electron chi connectivity index (χ2n) is 10.5. The molecule has 226 valence electrons. The molecule has 11 nitrogen and oxygen atoms in total. The van der Waals surface area contributed by atoms with Crippen LogP contribution in [0.1, 0.15) is 48.5 Å². The van der Waals surface area contributed by atoms with Gasteiger partial charge in [-0.1, -0.05) is 25.1 Å². The maximum atomic E-state index is 14.4. The molecule has 0 spiro atoms. The van der Waals surface area contributed by atoms with Crippen LogP contribution in [0.3, 0.4) is 0 Å². The molecule has 4 aromatic rings. The van der Waals surface area contributed by atoms with Gasteiger partial charge in [-0.25, -0.2) is 24.3 Å². The fraction of sp³-hybridized carbons (Fsp3) is 0.367. The highest BCUT2D eigenvalue weighted by molar-refractivity contribution is 7.59. The van der Waals surface area contributed by atoms with Gasteiger partial charge < -0.3 is 20.4 Å². The number of nitrogens with zero attached hydrogens (tertiary/aromatic N) is 7. The van der Waals surface area contributed by atoms with Crippen molar-refractivity contribution in [3.63, 3.8) is 0 Å². The Kier molecular flexibility index (Phi) is 10.1. The van der Waals surface area contributed by atoms with Gasteiger partial charge in [0.15, 0.2) is 5.82 Å². The molecule has 3 aromatic heterocycles. The van der Waals surface area contributed by atoms with Crippen LogP contribution >= 0.6 is 13.5 Å². The summed E-state index contributed by atoms with van der Waals surface area (Å²) in [5.41, 5.74) is 2.91. The van der Waals surface area contributed by atoms with Crippen molar-refractivity contribution in [2.24, 2.45) is 0 Å². The van der Waals surface area contributed by atoms with E-state index in [1.54, 1.807) is 31.5 Å². The number of carbonyl (C=O) groups excluding carboxylic acids is 2. The molecule has 1 saturated heterocycles. The van der Waals surface area contributed by atoms with E-state index in [1.807, 2.05) is 31.0 Å². The standard InChI is InChI=1S/C30H34FN9O2.H2S/c1-18(22-6-5-7-23-27(29(42)32-3)24(31)16-34-28(22)23)13-33-26-12-25(37-17-38-26)20-14-35-30(36-15-20)39(4)21-8-10-40(11-9-21)19(2)41;/h5-7,12,14-18,21H,8-11,13H2,1-4H3,(H,32,42)(H,33,37,38);1H2/t18-;/m1./s1. The molecule has 0 unspecified atom stereocenters. The Morgan fingerprint density at radius 2 is 1.81 bits per heavy atom. The SMILES string of the molecule is CNC(=O)c1c(F)cnc2c([C@H](C)CNc3cc(-c4cnc(N(C)C5CCN(C(C)=O)CC5)nc4)ncn3)cccc12.S. The molecule has 0 aliphatic carbocycles. The van der Waals surface area contributed by atoms with E-state index in [-0.39, 0.29) is 36.9 Å². The third kappa shape index (κ3) is 6.82. The number of anilines is 2. The third-order valence-electron chi connectivity index (χ3n) is 7.83. The predicted molar refractivity (Wildman–Crippen MR) is 169 cm³/mol. The minimum Gasteiger partial charge on any atom is -0.369 e. The smallest absolute Gasteiger partial charge is 0.254 e. The van der Waals surface area contributed by atoms with Gasteiger partial charge >= 0.3 is 0 Å². The van der Waals surface area contributed by atoms with Crippen LogP contribution in [0.5, 0.6) is 0 Å². The van der Waals surface area contributed by atoms with Gasteiger partial charge in [0.1, 0.15) is 12.1 Å². The minimum atomic E-state index is -0.656. The summed E-state index contributed by atoms with van der Waals surface area (Å²) in [7, 11) is 3.46. The number of benzene rings is 1. The number of aromatic nitrogens is 5. The molecule has 1 aromatic carbocycles. The van der Waals surface area contributed by atoms with Crippen LogP contribution in [-0.4, -0.2) is 81.4 Å². The topological polar surface area (TPSA) is 129 Å². The molecule has 1 atom stereocenters. The predicted octanol–water partition coefficient (Wildman–Crippen LogP) is 3.76. The van der Waals surface area contributed by atoms with E-state index in [1.165, 1.54) is 13.4 Å². The molecule has 1 fully saturated rings. The average Bonchev–Trinajstić information content (AvgIpc) is 3.02.